The maximum atomic E-state index is 13.2. The number of carbonyl (C=O) groups is 1. The van der Waals surface area contributed by atoms with Crippen LogP contribution in [0.4, 0.5) is 4.39 Å². The molecule has 6 heteroatoms. The smallest absolute Gasteiger partial charge is 0.356 e. The van der Waals surface area contributed by atoms with Crippen molar-refractivity contribution in [3.8, 4) is 5.69 Å². The van der Waals surface area contributed by atoms with Crippen LogP contribution in [0.5, 0.6) is 0 Å². The highest BCUT2D eigenvalue weighted by molar-refractivity contribution is 5.87. The molecule has 0 unspecified atom stereocenters. The minimum Gasteiger partial charge on any atom is -0.476 e. The second-order valence-electron chi connectivity index (χ2n) is 4.16. The van der Waals surface area contributed by atoms with Crippen LogP contribution in [0.1, 0.15) is 21.6 Å². The van der Waals surface area contributed by atoms with Gasteiger partial charge in [0.25, 0.3) is 0 Å². The number of hydrogen-bond acceptors (Lipinski definition) is 3. The fourth-order valence-corrected chi connectivity index (χ4v) is 1.80. The average Bonchev–Trinajstić information content (AvgIpc) is 2.77. The molecular weight excluding hydrogens is 251 g/mol. The van der Waals surface area contributed by atoms with E-state index in [1.54, 1.807) is 13.0 Å². The Morgan fingerprint density at radius 2 is 2.21 bits per heavy atom. The second-order valence-corrected chi connectivity index (χ2v) is 4.16. The van der Waals surface area contributed by atoms with Crippen molar-refractivity contribution in [3.63, 3.8) is 0 Å². The number of halogens is 1. The van der Waals surface area contributed by atoms with Crippen LogP contribution in [0.3, 0.4) is 0 Å². The van der Waals surface area contributed by atoms with Gasteiger partial charge in [-0.25, -0.2) is 13.9 Å². The number of carboxylic acid groups (broad SMARTS) is 1. The van der Waals surface area contributed by atoms with E-state index in [0.717, 1.165) is 0 Å². The first-order valence-electron chi connectivity index (χ1n) is 5.72. The largest absolute Gasteiger partial charge is 0.476 e. The van der Waals surface area contributed by atoms with Gasteiger partial charge < -0.3 is 10.2 Å². The summed E-state index contributed by atoms with van der Waals surface area (Å²) in [4.78, 5) is 11.0. The summed E-state index contributed by atoms with van der Waals surface area (Å²) in [7, 11) is 0. The molecular formula is C13H13FN2O3. The van der Waals surface area contributed by atoms with Crippen molar-refractivity contribution in [2.24, 2.45) is 0 Å². The minimum absolute atomic E-state index is 0.101. The molecule has 2 rings (SSSR count). The van der Waals surface area contributed by atoms with Crippen LogP contribution in [0.2, 0.25) is 0 Å². The Morgan fingerprint density at radius 1 is 1.47 bits per heavy atom. The van der Waals surface area contributed by atoms with Gasteiger partial charge in [0, 0.05) is 18.4 Å². The standard InChI is InChI=1S/C13H13FN2O3/c1-8-6-10(2-3-11(8)14)16-7-9(4-5-17)12(15-16)13(18)19/h2-3,6-7,17H,4-5H2,1H3,(H,18,19). The Labute approximate surface area is 108 Å². The van der Waals surface area contributed by atoms with Crippen molar-refractivity contribution in [1.82, 2.24) is 9.78 Å². The lowest BCUT2D eigenvalue weighted by molar-refractivity contribution is 0.0688. The normalized spacial score (nSPS) is 10.7. The van der Waals surface area contributed by atoms with Crippen LogP contribution >= 0.6 is 0 Å². The predicted molar refractivity (Wildman–Crippen MR) is 66.0 cm³/mol. The Hall–Kier alpha value is -2.21. The number of aliphatic hydroxyl groups is 1. The van der Waals surface area contributed by atoms with Crippen molar-refractivity contribution < 1.29 is 19.4 Å². The Balaban J connectivity index is 2.47. The number of nitrogens with zero attached hydrogens (tertiary/aromatic N) is 2. The summed E-state index contributed by atoms with van der Waals surface area (Å²) in [6.45, 7) is 1.46. The quantitative estimate of drug-likeness (QED) is 0.878. The van der Waals surface area contributed by atoms with Gasteiger partial charge in [0.15, 0.2) is 5.69 Å². The van der Waals surface area contributed by atoms with Crippen molar-refractivity contribution in [2.75, 3.05) is 6.61 Å². The Kier molecular flexibility index (Phi) is 3.62. The van der Waals surface area contributed by atoms with Crippen molar-refractivity contribution in [3.05, 3.63) is 47.0 Å². The van der Waals surface area contributed by atoms with Gasteiger partial charge >= 0.3 is 5.97 Å². The summed E-state index contributed by atoms with van der Waals surface area (Å²) in [5, 5.41) is 21.9. The molecule has 5 nitrogen and oxygen atoms in total. The van der Waals surface area contributed by atoms with E-state index in [2.05, 4.69) is 5.10 Å². The molecule has 0 aliphatic heterocycles. The molecule has 2 N–H and O–H groups in total. The lowest BCUT2D eigenvalue weighted by Crippen LogP contribution is -2.04. The summed E-state index contributed by atoms with van der Waals surface area (Å²) < 4.78 is 14.6. The lowest BCUT2D eigenvalue weighted by Gasteiger charge is -2.03. The fraction of sp³-hybridized carbons (Fsp3) is 0.231. The molecule has 0 aliphatic carbocycles. The van der Waals surface area contributed by atoms with Crippen LogP contribution in [-0.2, 0) is 6.42 Å². The van der Waals surface area contributed by atoms with E-state index >= 15 is 0 Å². The van der Waals surface area contributed by atoms with Gasteiger partial charge in [0.2, 0.25) is 0 Å². The molecule has 0 fully saturated rings. The van der Waals surface area contributed by atoms with Crippen molar-refractivity contribution >= 4 is 5.97 Å². The Morgan fingerprint density at radius 3 is 2.79 bits per heavy atom. The Bertz CT molecular complexity index is 622. The topological polar surface area (TPSA) is 75.4 Å². The molecule has 1 heterocycles. The third-order valence-electron chi connectivity index (χ3n) is 2.78. The van der Waals surface area contributed by atoms with Gasteiger partial charge in [0.05, 0.1) is 5.69 Å². The fourth-order valence-electron chi connectivity index (χ4n) is 1.80. The second kappa shape index (κ2) is 5.19. The average molecular weight is 264 g/mol. The van der Waals surface area contributed by atoms with Gasteiger partial charge in [0.1, 0.15) is 5.82 Å². The number of aromatic carboxylic acids is 1. The predicted octanol–water partition coefficient (Wildman–Crippen LogP) is 1.55. The van der Waals surface area contributed by atoms with E-state index in [-0.39, 0.29) is 24.5 Å². The number of aromatic nitrogens is 2. The van der Waals surface area contributed by atoms with Crippen LogP contribution in [-0.4, -0.2) is 32.6 Å². The highest BCUT2D eigenvalue weighted by Gasteiger charge is 2.16. The molecule has 0 radical (unpaired) electrons. The van der Waals surface area contributed by atoms with Gasteiger partial charge in [-0.05, 0) is 37.1 Å². The molecule has 0 bridgehead atoms. The maximum Gasteiger partial charge on any atom is 0.356 e. The summed E-state index contributed by atoms with van der Waals surface area (Å²) in [5.74, 6) is -1.48. The molecule has 19 heavy (non-hydrogen) atoms. The highest BCUT2D eigenvalue weighted by Crippen LogP contribution is 2.16. The number of carboxylic acids is 1. The number of rotatable bonds is 4. The van der Waals surface area contributed by atoms with Crippen molar-refractivity contribution in [1.29, 1.82) is 0 Å². The zero-order valence-corrected chi connectivity index (χ0v) is 10.3. The van der Waals surface area contributed by atoms with Crippen LogP contribution in [0.25, 0.3) is 5.69 Å². The van der Waals surface area contributed by atoms with Gasteiger partial charge in [-0.3, -0.25) is 0 Å². The van der Waals surface area contributed by atoms with E-state index in [9.17, 15) is 9.18 Å². The summed E-state index contributed by atoms with van der Waals surface area (Å²) >= 11 is 0. The number of aliphatic hydroxyl groups excluding tert-OH is 1. The minimum atomic E-state index is -1.15. The maximum absolute atomic E-state index is 13.2. The zero-order chi connectivity index (χ0) is 14.0. The molecule has 0 saturated carbocycles. The van der Waals surface area contributed by atoms with Crippen LogP contribution in [0.15, 0.2) is 24.4 Å². The SMILES string of the molecule is Cc1cc(-n2cc(CCO)c(C(=O)O)n2)ccc1F. The summed E-state index contributed by atoms with van der Waals surface area (Å²) in [6, 6.07) is 4.40. The van der Waals surface area contributed by atoms with Gasteiger partial charge in [-0.15, -0.1) is 0 Å². The third-order valence-corrected chi connectivity index (χ3v) is 2.78. The number of benzene rings is 1. The number of aryl methyl sites for hydroxylation is 1. The van der Waals surface area contributed by atoms with Crippen LogP contribution < -0.4 is 0 Å². The lowest BCUT2D eigenvalue weighted by atomic mass is 10.2. The van der Waals surface area contributed by atoms with Gasteiger partial charge in [-0.2, -0.15) is 5.10 Å². The molecule has 0 amide bonds. The van der Waals surface area contributed by atoms with E-state index in [4.69, 9.17) is 10.2 Å². The van der Waals surface area contributed by atoms with Gasteiger partial charge in [-0.1, -0.05) is 0 Å². The molecule has 0 spiro atoms. The van der Waals surface area contributed by atoms with Crippen molar-refractivity contribution in [2.45, 2.75) is 13.3 Å². The molecule has 0 saturated heterocycles. The molecule has 0 atom stereocenters. The monoisotopic (exact) mass is 264 g/mol. The summed E-state index contributed by atoms with van der Waals surface area (Å²) in [6.07, 6.45) is 1.74. The van der Waals surface area contributed by atoms with E-state index < -0.39 is 5.97 Å². The first kappa shape index (κ1) is 13.2. The molecule has 1 aromatic carbocycles. The van der Waals surface area contributed by atoms with E-state index in [1.165, 1.54) is 23.0 Å². The van der Waals surface area contributed by atoms with E-state index in [1.807, 2.05) is 0 Å². The first-order chi connectivity index (χ1) is 9.02. The first-order valence-corrected chi connectivity index (χ1v) is 5.72. The summed E-state index contributed by atoms with van der Waals surface area (Å²) in [5.41, 5.74) is 1.37. The zero-order valence-electron chi connectivity index (χ0n) is 10.3. The van der Waals surface area contributed by atoms with E-state index in [0.29, 0.717) is 16.8 Å². The molecule has 100 valence electrons. The van der Waals surface area contributed by atoms with Crippen LogP contribution in [0, 0.1) is 12.7 Å². The highest BCUT2D eigenvalue weighted by atomic mass is 19.1. The molecule has 2 aromatic rings. The number of hydrogen-bond donors (Lipinski definition) is 2. The molecule has 1 aromatic heterocycles. The molecule has 0 aliphatic rings. The third kappa shape index (κ3) is 2.63.